The van der Waals surface area contributed by atoms with Crippen LogP contribution in [0.2, 0.25) is 10.0 Å². The van der Waals surface area contributed by atoms with E-state index in [2.05, 4.69) is 4.98 Å². The summed E-state index contributed by atoms with van der Waals surface area (Å²) in [7, 11) is 3.46. The number of rotatable bonds is 3. The largest absolute Gasteiger partial charge is 0.497 e. The maximum Gasteiger partial charge on any atom is 0.154 e. The molecule has 19 heavy (non-hydrogen) atoms. The fraction of sp³-hybridized carbons (Fsp3) is 0.154. The van der Waals surface area contributed by atoms with Gasteiger partial charge in [0, 0.05) is 18.8 Å². The van der Waals surface area contributed by atoms with Gasteiger partial charge in [-0.05, 0) is 18.2 Å². The SMILES string of the molecule is COc1cccc(N(C)c2nc(N)c(Cl)cc2Cl)c1. The van der Waals surface area contributed by atoms with Crippen LogP contribution < -0.4 is 15.4 Å². The first-order valence-corrected chi connectivity index (χ1v) is 6.28. The molecule has 100 valence electrons. The molecule has 4 nitrogen and oxygen atoms in total. The van der Waals surface area contributed by atoms with Gasteiger partial charge in [-0.3, -0.25) is 0 Å². The second-order valence-corrected chi connectivity index (χ2v) is 4.74. The summed E-state index contributed by atoms with van der Waals surface area (Å²) in [6, 6.07) is 9.13. The lowest BCUT2D eigenvalue weighted by Gasteiger charge is -2.20. The van der Waals surface area contributed by atoms with Crippen LogP contribution in [0.3, 0.4) is 0 Å². The van der Waals surface area contributed by atoms with Crippen molar-refractivity contribution < 1.29 is 4.74 Å². The Morgan fingerprint density at radius 1 is 1.21 bits per heavy atom. The number of ether oxygens (including phenoxy) is 1. The molecule has 2 N–H and O–H groups in total. The van der Waals surface area contributed by atoms with E-state index >= 15 is 0 Å². The van der Waals surface area contributed by atoms with E-state index in [0.717, 1.165) is 11.4 Å². The minimum atomic E-state index is 0.246. The lowest BCUT2D eigenvalue weighted by molar-refractivity contribution is 0.415. The minimum Gasteiger partial charge on any atom is -0.497 e. The van der Waals surface area contributed by atoms with E-state index in [1.807, 2.05) is 36.2 Å². The Kier molecular flexibility index (Phi) is 4.02. The molecule has 0 fully saturated rings. The monoisotopic (exact) mass is 297 g/mol. The topological polar surface area (TPSA) is 51.4 Å². The zero-order valence-electron chi connectivity index (χ0n) is 10.5. The molecule has 1 aromatic heterocycles. The van der Waals surface area contributed by atoms with Crippen LogP contribution in [0.4, 0.5) is 17.3 Å². The maximum absolute atomic E-state index is 6.14. The van der Waals surface area contributed by atoms with Gasteiger partial charge in [0.05, 0.1) is 17.2 Å². The number of hydrogen-bond donors (Lipinski definition) is 1. The molecule has 0 aliphatic carbocycles. The van der Waals surface area contributed by atoms with Crippen molar-refractivity contribution in [3.05, 3.63) is 40.4 Å². The van der Waals surface area contributed by atoms with Crippen molar-refractivity contribution in [2.45, 2.75) is 0 Å². The lowest BCUT2D eigenvalue weighted by Crippen LogP contribution is -2.12. The van der Waals surface area contributed by atoms with E-state index in [1.54, 1.807) is 13.2 Å². The number of halogens is 2. The molecule has 2 rings (SSSR count). The van der Waals surface area contributed by atoms with Crippen LogP contribution in [-0.2, 0) is 0 Å². The third-order valence-electron chi connectivity index (χ3n) is 2.70. The summed E-state index contributed by atoms with van der Waals surface area (Å²) in [5.74, 6) is 1.54. The van der Waals surface area contributed by atoms with Crippen molar-refractivity contribution in [2.24, 2.45) is 0 Å². The lowest BCUT2D eigenvalue weighted by atomic mass is 10.2. The Hall–Kier alpha value is -1.65. The zero-order valence-corrected chi connectivity index (χ0v) is 12.0. The van der Waals surface area contributed by atoms with Crippen LogP contribution in [0.15, 0.2) is 30.3 Å². The van der Waals surface area contributed by atoms with Crippen LogP contribution in [-0.4, -0.2) is 19.1 Å². The van der Waals surface area contributed by atoms with Crippen LogP contribution in [0.1, 0.15) is 0 Å². The van der Waals surface area contributed by atoms with Gasteiger partial charge in [0.1, 0.15) is 11.6 Å². The highest BCUT2D eigenvalue weighted by molar-refractivity contribution is 6.37. The van der Waals surface area contributed by atoms with E-state index in [0.29, 0.717) is 15.9 Å². The summed E-state index contributed by atoms with van der Waals surface area (Å²) in [6.07, 6.45) is 0. The van der Waals surface area contributed by atoms with Gasteiger partial charge in [-0.15, -0.1) is 0 Å². The number of anilines is 3. The third-order valence-corrected chi connectivity index (χ3v) is 3.28. The van der Waals surface area contributed by atoms with Crippen LogP contribution in [0.25, 0.3) is 0 Å². The summed E-state index contributed by atoms with van der Waals surface area (Å²) < 4.78 is 5.19. The van der Waals surface area contributed by atoms with Crippen LogP contribution in [0.5, 0.6) is 5.75 Å². The van der Waals surface area contributed by atoms with Crippen molar-refractivity contribution in [1.29, 1.82) is 0 Å². The van der Waals surface area contributed by atoms with Crippen molar-refractivity contribution in [3.8, 4) is 5.75 Å². The molecule has 0 bridgehead atoms. The molecular formula is C13H13Cl2N3O. The van der Waals surface area contributed by atoms with Crippen molar-refractivity contribution in [3.63, 3.8) is 0 Å². The van der Waals surface area contributed by atoms with E-state index in [4.69, 9.17) is 33.7 Å². The molecule has 0 aliphatic rings. The molecule has 0 radical (unpaired) electrons. The average Bonchev–Trinajstić information content (AvgIpc) is 2.42. The fourth-order valence-corrected chi connectivity index (χ4v) is 2.13. The number of benzene rings is 1. The Morgan fingerprint density at radius 3 is 2.63 bits per heavy atom. The quantitative estimate of drug-likeness (QED) is 0.937. The highest BCUT2D eigenvalue weighted by atomic mass is 35.5. The molecule has 6 heteroatoms. The first kappa shape index (κ1) is 13.8. The molecule has 1 aromatic carbocycles. The Bertz CT molecular complexity index is 604. The molecule has 0 atom stereocenters. The molecule has 0 amide bonds. The normalized spacial score (nSPS) is 10.3. The predicted octanol–water partition coefficient (Wildman–Crippen LogP) is 3.75. The van der Waals surface area contributed by atoms with E-state index in [-0.39, 0.29) is 5.82 Å². The molecule has 0 saturated heterocycles. The second kappa shape index (κ2) is 5.55. The average molecular weight is 298 g/mol. The van der Waals surface area contributed by atoms with Crippen LogP contribution >= 0.6 is 23.2 Å². The van der Waals surface area contributed by atoms with Gasteiger partial charge < -0.3 is 15.4 Å². The van der Waals surface area contributed by atoms with E-state index in [9.17, 15) is 0 Å². The summed E-state index contributed by atoms with van der Waals surface area (Å²) >= 11 is 12.0. The molecule has 1 heterocycles. The molecule has 0 saturated carbocycles. The summed E-state index contributed by atoms with van der Waals surface area (Å²) in [5, 5.41) is 0.775. The number of nitrogens with two attached hydrogens (primary N) is 1. The Morgan fingerprint density at radius 2 is 1.95 bits per heavy atom. The van der Waals surface area contributed by atoms with Gasteiger partial charge in [0.2, 0.25) is 0 Å². The van der Waals surface area contributed by atoms with Crippen LogP contribution in [0, 0.1) is 0 Å². The molecule has 0 aliphatic heterocycles. The van der Waals surface area contributed by atoms with E-state index < -0.39 is 0 Å². The van der Waals surface area contributed by atoms with E-state index in [1.165, 1.54) is 0 Å². The summed E-state index contributed by atoms with van der Waals surface area (Å²) in [6.45, 7) is 0. The second-order valence-electron chi connectivity index (χ2n) is 3.92. The smallest absolute Gasteiger partial charge is 0.154 e. The maximum atomic E-state index is 6.14. The number of aromatic nitrogens is 1. The van der Waals surface area contributed by atoms with Gasteiger partial charge >= 0.3 is 0 Å². The van der Waals surface area contributed by atoms with Gasteiger partial charge in [-0.1, -0.05) is 29.3 Å². The molecule has 2 aromatic rings. The highest BCUT2D eigenvalue weighted by Gasteiger charge is 2.13. The van der Waals surface area contributed by atoms with Gasteiger partial charge in [-0.25, -0.2) is 4.98 Å². The number of nitrogens with zero attached hydrogens (tertiary/aromatic N) is 2. The standard InChI is InChI=1S/C13H13Cl2N3O/c1-18(8-4-3-5-9(6-8)19-2)13-11(15)7-10(14)12(16)17-13/h3-7H,1-2H3,(H2,16,17). The number of methoxy groups -OCH3 is 1. The number of nitrogen functional groups attached to an aromatic ring is 1. The van der Waals surface area contributed by atoms with Crippen molar-refractivity contribution in [2.75, 3.05) is 24.8 Å². The fourth-order valence-electron chi connectivity index (χ4n) is 1.65. The molecule has 0 spiro atoms. The number of pyridine rings is 1. The minimum absolute atomic E-state index is 0.246. The van der Waals surface area contributed by atoms with Gasteiger partial charge in [0.15, 0.2) is 5.82 Å². The number of hydrogen-bond acceptors (Lipinski definition) is 4. The molecular weight excluding hydrogens is 285 g/mol. The van der Waals surface area contributed by atoms with Gasteiger partial charge in [-0.2, -0.15) is 0 Å². The van der Waals surface area contributed by atoms with Gasteiger partial charge in [0.25, 0.3) is 0 Å². The van der Waals surface area contributed by atoms with Crippen molar-refractivity contribution in [1.82, 2.24) is 4.98 Å². The summed E-state index contributed by atoms with van der Waals surface area (Å²) in [4.78, 5) is 6.02. The molecule has 0 unspecified atom stereocenters. The zero-order chi connectivity index (χ0) is 14.0. The first-order chi connectivity index (χ1) is 9.02. The third kappa shape index (κ3) is 2.85. The Labute approximate surface area is 121 Å². The predicted molar refractivity (Wildman–Crippen MR) is 79.7 cm³/mol. The highest BCUT2D eigenvalue weighted by Crippen LogP contribution is 2.33. The first-order valence-electron chi connectivity index (χ1n) is 5.52. The van der Waals surface area contributed by atoms with Crippen molar-refractivity contribution >= 4 is 40.5 Å². The Balaban J connectivity index is 2.43. The summed E-state index contributed by atoms with van der Waals surface area (Å²) in [5.41, 5.74) is 6.59.